The van der Waals surface area contributed by atoms with Crippen molar-refractivity contribution in [3.63, 3.8) is 0 Å². The van der Waals surface area contributed by atoms with Gasteiger partial charge in [0.25, 0.3) is 0 Å². The molecule has 106 valence electrons. The smallest absolute Gasteiger partial charge is 0.227 e. The molecule has 0 atom stereocenters. The van der Waals surface area contributed by atoms with E-state index in [2.05, 4.69) is 43.5 Å². The second-order valence-electron chi connectivity index (χ2n) is 4.88. The van der Waals surface area contributed by atoms with Crippen LogP contribution >= 0.6 is 0 Å². The van der Waals surface area contributed by atoms with Gasteiger partial charge in [-0.05, 0) is 43.5 Å². The van der Waals surface area contributed by atoms with Gasteiger partial charge in [-0.25, -0.2) is 0 Å². The number of hydrogen-bond acceptors (Lipinski definition) is 2. The van der Waals surface area contributed by atoms with Crippen molar-refractivity contribution < 1.29 is 4.79 Å². The molecule has 0 fully saturated rings. The summed E-state index contributed by atoms with van der Waals surface area (Å²) in [5, 5.41) is 6.34. The van der Waals surface area contributed by atoms with Crippen LogP contribution in [0.25, 0.3) is 0 Å². The van der Waals surface area contributed by atoms with Gasteiger partial charge < -0.3 is 10.6 Å². The highest BCUT2D eigenvalue weighted by Gasteiger charge is 2.13. The summed E-state index contributed by atoms with van der Waals surface area (Å²) < 4.78 is 0. The van der Waals surface area contributed by atoms with Crippen LogP contribution in [-0.2, 0) is 11.3 Å². The molecule has 0 radical (unpaired) electrons. The molecular weight excluding hydrogens is 236 g/mol. The molecule has 0 saturated heterocycles. The average Bonchev–Trinajstić information content (AvgIpc) is 2.42. The first-order chi connectivity index (χ1) is 9.21. The minimum absolute atomic E-state index is 0.117. The lowest BCUT2D eigenvalue weighted by molar-refractivity contribution is -0.120. The van der Waals surface area contributed by atoms with Crippen molar-refractivity contribution in [1.29, 1.82) is 0 Å². The zero-order chi connectivity index (χ0) is 14.1. The van der Waals surface area contributed by atoms with Crippen LogP contribution in [0, 0.1) is 5.92 Å². The Morgan fingerprint density at radius 1 is 1.11 bits per heavy atom. The lowest BCUT2D eigenvalue weighted by Crippen LogP contribution is -2.21. The standard InChI is InChI=1S/C16H26N2O/c1-4-11-17-12-13-7-9-15(10-8-13)18-16(19)14(5-2)6-3/h7-10,14,17H,4-6,11-12H2,1-3H3,(H,18,19). The van der Waals surface area contributed by atoms with E-state index in [9.17, 15) is 4.79 Å². The summed E-state index contributed by atoms with van der Waals surface area (Å²) in [6, 6.07) is 8.07. The van der Waals surface area contributed by atoms with Crippen LogP contribution in [0.5, 0.6) is 0 Å². The number of anilines is 1. The summed E-state index contributed by atoms with van der Waals surface area (Å²) in [6.07, 6.45) is 2.92. The minimum Gasteiger partial charge on any atom is -0.326 e. The van der Waals surface area contributed by atoms with Crippen molar-refractivity contribution >= 4 is 11.6 Å². The van der Waals surface area contributed by atoms with E-state index < -0.39 is 0 Å². The summed E-state index contributed by atoms with van der Waals surface area (Å²) in [5.41, 5.74) is 2.13. The van der Waals surface area contributed by atoms with Crippen LogP contribution < -0.4 is 10.6 Å². The highest BCUT2D eigenvalue weighted by molar-refractivity contribution is 5.92. The second-order valence-corrected chi connectivity index (χ2v) is 4.88. The zero-order valence-corrected chi connectivity index (χ0v) is 12.3. The van der Waals surface area contributed by atoms with Crippen LogP contribution in [0.3, 0.4) is 0 Å². The number of carbonyl (C=O) groups excluding carboxylic acids is 1. The molecule has 19 heavy (non-hydrogen) atoms. The summed E-state index contributed by atoms with van der Waals surface area (Å²) in [4.78, 5) is 11.9. The molecule has 0 aliphatic rings. The van der Waals surface area contributed by atoms with Gasteiger partial charge in [-0.2, -0.15) is 0 Å². The number of rotatable bonds is 8. The monoisotopic (exact) mass is 262 g/mol. The van der Waals surface area contributed by atoms with Gasteiger partial charge in [0.05, 0.1) is 0 Å². The van der Waals surface area contributed by atoms with E-state index >= 15 is 0 Å². The third-order valence-corrected chi connectivity index (χ3v) is 3.33. The Morgan fingerprint density at radius 2 is 1.74 bits per heavy atom. The Morgan fingerprint density at radius 3 is 2.26 bits per heavy atom. The van der Waals surface area contributed by atoms with E-state index in [1.165, 1.54) is 5.56 Å². The Balaban J connectivity index is 2.49. The van der Waals surface area contributed by atoms with Crippen LogP contribution in [0.4, 0.5) is 5.69 Å². The molecule has 0 aromatic heterocycles. The normalized spacial score (nSPS) is 10.7. The molecular formula is C16H26N2O. The highest BCUT2D eigenvalue weighted by atomic mass is 16.1. The molecule has 1 rings (SSSR count). The predicted molar refractivity (Wildman–Crippen MR) is 81.1 cm³/mol. The predicted octanol–water partition coefficient (Wildman–Crippen LogP) is 3.56. The minimum atomic E-state index is 0.117. The van der Waals surface area contributed by atoms with E-state index in [0.29, 0.717) is 0 Å². The molecule has 0 aliphatic heterocycles. The lowest BCUT2D eigenvalue weighted by atomic mass is 10.0. The van der Waals surface area contributed by atoms with E-state index in [1.807, 2.05) is 12.1 Å². The molecule has 0 saturated carbocycles. The summed E-state index contributed by atoms with van der Waals surface area (Å²) in [5.74, 6) is 0.243. The quantitative estimate of drug-likeness (QED) is 0.703. The largest absolute Gasteiger partial charge is 0.326 e. The molecule has 0 aliphatic carbocycles. The fraction of sp³-hybridized carbons (Fsp3) is 0.562. The first-order valence-electron chi connectivity index (χ1n) is 7.31. The highest BCUT2D eigenvalue weighted by Crippen LogP contribution is 2.14. The van der Waals surface area contributed by atoms with Crippen molar-refractivity contribution in [2.24, 2.45) is 5.92 Å². The molecule has 0 bridgehead atoms. The Hall–Kier alpha value is -1.35. The van der Waals surface area contributed by atoms with Crippen molar-refractivity contribution in [2.75, 3.05) is 11.9 Å². The molecule has 3 nitrogen and oxygen atoms in total. The second kappa shape index (κ2) is 8.70. The molecule has 1 aromatic rings. The van der Waals surface area contributed by atoms with E-state index in [1.54, 1.807) is 0 Å². The maximum Gasteiger partial charge on any atom is 0.227 e. The molecule has 1 aromatic carbocycles. The van der Waals surface area contributed by atoms with Gasteiger partial charge in [0, 0.05) is 18.2 Å². The zero-order valence-electron chi connectivity index (χ0n) is 12.3. The fourth-order valence-corrected chi connectivity index (χ4v) is 2.02. The van der Waals surface area contributed by atoms with E-state index in [4.69, 9.17) is 0 Å². The van der Waals surface area contributed by atoms with Gasteiger partial charge in [0.15, 0.2) is 0 Å². The third-order valence-electron chi connectivity index (χ3n) is 3.33. The van der Waals surface area contributed by atoms with Crippen LogP contribution in [0.1, 0.15) is 45.6 Å². The van der Waals surface area contributed by atoms with Crippen molar-refractivity contribution in [1.82, 2.24) is 5.32 Å². The maximum atomic E-state index is 11.9. The van der Waals surface area contributed by atoms with Gasteiger partial charge in [-0.1, -0.05) is 32.9 Å². The Kier molecular flexibility index (Phi) is 7.19. The molecule has 0 unspecified atom stereocenters. The van der Waals surface area contributed by atoms with E-state index in [0.717, 1.165) is 38.0 Å². The number of amides is 1. The SMILES string of the molecule is CCCNCc1ccc(NC(=O)C(CC)CC)cc1. The molecule has 0 heterocycles. The number of hydrogen-bond donors (Lipinski definition) is 2. The number of nitrogens with one attached hydrogen (secondary N) is 2. The van der Waals surface area contributed by atoms with Crippen molar-refractivity contribution in [3.8, 4) is 0 Å². The van der Waals surface area contributed by atoms with Gasteiger partial charge in [-0.15, -0.1) is 0 Å². The summed E-state index contributed by atoms with van der Waals surface area (Å²) in [6.45, 7) is 8.18. The lowest BCUT2D eigenvalue weighted by Gasteiger charge is -2.13. The number of carbonyl (C=O) groups is 1. The molecule has 1 amide bonds. The Labute approximate surface area is 116 Å². The van der Waals surface area contributed by atoms with Gasteiger partial charge in [-0.3, -0.25) is 4.79 Å². The van der Waals surface area contributed by atoms with Gasteiger partial charge in [0.2, 0.25) is 5.91 Å². The van der Waals surface area contributed by atoms with E-state index in [-0.39, 0.29) is 11.8 Å². The first kappa shape index (κ1) is 15.7. The summed E-state index contributed by atoms with van der Waals surface area (Å²) >= 11 is 0. The Bertz CT molecular complexity index is 369. The molecule has 3 heteroatoms. The summed E-state index contributed by atoms with van der Waals surface area (Å²) in [7, 11) is 0. The van der Waals surface area contributed by atoms with Crippen molar-refractivity contribution in [3.05, 3.63) is 29.8 Å². The van der Waals surface area contributed by atoms with Gasteiger partial charge in [0.1, 0.15) is 0 Å². The van der Waals surface area contributed by atoms with Gasteiger partial charge >= 0.3 is 0 Å². The fourth-order valence-electron chi connectivity index (χ4n) is 2.02. The average molecular weight is 262 g/mol. The topological polar surface area (TPSA) is 41.1 Å². The number of benzene rings is 1. The van der Waals surface area contributed by atoms with Crippen LogP contribution in [-0.4, -0.2) is 12.5 Å². The maximum absolute atomic E-state index is 11.9. The third kappa shape index (κ3) is 5.43. The van der Waals surface area contributed by atoms with Crippen LogP contribution in [0.2, 0.25) is 0 Å². The molecule has 0 spiro atoms. The van der Waals surface area contributed by atoms with Crippen LogP contribution in [0.15, 0.2) is 24.3 Å². The first-order valence-corrected chi connectivity index (χ1v) is 7.31. The van der Waals surface area contributed by atoms with Crippen molar-refractivity contribution in [2.45, 2.75) is 46.6 Å². The molecule has 2 N–H and O–H groups in total.